The summed E-state index contributed by atoms with van der Waals surface area (Å²) >= 11 is 0. The molecule has 0 spiro atoms. The van der Waals surface area contributed by atoms with Gasteiger partial charge in [-0.25, -0.2) is 0 Å². The van der Waals surface area contributed by atoms with E-state index >= 15 is 0 Å². The van der Waals surface area contributed by atoms with Crippen molar-refractivity contribution in [1.82, 2.24) is 0 Å². The molecule has 1 aromatic heterocycles. The zero-order valence-electron chi connectivity index (χ0n) is 7.32. The number of furan rings is 1. The molecule has 0 aromatic carbocycles. The molecule has 1 rings (SSSR count). The van der Waals surface area contributed by atoms with Gasteiger partial charge >= 0.3 is 0 Å². The lowest BCUT2D eigenvalue weighted by Crippen LogP contribution is -2.19. The van der Waals surface area contributed by atoms with Crippen LogP contribution in [0.25, 0.3) is 0 Å². The summed E-state index contributed by atoms with van der Waals surface area (Å²) in [6, 6.07) is 3.66. The van der Waals surface area contributed by atoms with Crippen molar-refractivity contribution in [3.8, 4) is 0 Å². The van der Waals surface area contributed by atoms with Crippen molar-refractivity contribution in [2.75, 3.05) is 6.61 Å². The second-order valence-electron chi connectivity index (χ2n) is 2.99. The third-order valence-corrected chi connectivity index (χ3v) is 1.97. The summed E-state index contributed by atoms with van der Waals surface area (Å²) in [6.45, 7) is 3.43. The van der Waals surface area contributed by atoms with Crippen LogP contribution < -0.4 is 0 Å². The summed E-state index contributed by atoms with van der Waals surface area (Å²) in [4.78, 5) is 0. The predicted molar refractivity (Wildman–Crippen MR) is 45.0 cm³/mol. The van der Waals surface area contributed by atoms with Crippen molar-refractivity contribution in [2.45, 2.75) is 25.9 Å². The molecule has 2 N–H and O–H groups in total. The van der Waals surface area contributed by atoms with Crippen LogP contribution in [0.2, 0.25) is 0 Å². The minimum absolute atomic E-state index is 0.149. The number of aryl methyl sites for hydroxylation is 1. The topological polar surface area (TPSA) is 53.6 Å². The van der Waals surface area contributed by atoms with Crippen molar-refractivity contribution in [3.63, 3.8) is 0 Å². The molecule has 0 fully saturated rings. The van der Waals surface area contributed by atoms with Gasteiger partial charge in [0.2, 0.25) is 0 Å². The Morgan fingerprint density at radius 1 is 1.50 bits per heavy atom. The van der Waals surface area contributed by atoms with Crippen LogP contribution in [-0.2, 0) is 0 Å². The molecule has 3 nitrogen and oxygen atoms in total. The zero-order chi connectivity index (χ0) is 9.14. The van der Waals surface area contributed by atoms with Gasteiger partial charge < -0.3 is 14.6 Å². The van der Waals surface area contributed by atoms with E-state index in [2.05, 4.69) is 0 Å². The Kier molecular flexibility index (Phi) is 2.89. The summed E-state index contributed by atoms with van der Waals surface area (Å²) in [5, 5.41) is 18.0. The summed E-state index contributed by atoms with van der Waals surface area (Å²) in [6.07, 6.45) is -0.740. The summed E-state index contributed by atoms with van der Waals surface area (Å²) in [5.74, 6) is 1.39. The van der Waals surface area contributed by atoms with E-state index < -0.39 is 6.10 Å². The van der Waals surface area contributed by atoms with Gasteiger partial charge in [0.25, 0.3) is 0 Å². The first-order valence-corrected chi connectivity index (χ1v) is 4.00. The Morgan fingerprint density at radius 3 is 2.58 bits per heavy atom. The van der Waals surface area contributed by atoms with Crippen LogP contribution in [0.3, 0.4) is 0 Å². The Morgan fingerprint density at radius 2 is 2.17 bits per heavy atom. The molecule has 2 atom stereocenters. The van der Waals surface area contributed by atoms with Gasteiger partial charge in [0.15, 0.2) is 0 Å². The Labute approximate surface area is 71.6 Å². The summed E-state index contributed by atoms with van der Waals surface area (Å²) < 4.78 is 5.30. The molecule has 68 valence electrons. The molecule has 0 aliphatic carbocycles. The number of aliphatic hydroxyl groups excluding tert-OH is 2. The van der Waals surface area contributed by atoms with Gasteiger partial charge in [0.1, 0.15) is 11.5 Å². The van der Waals surface area contributed by atoms with Gasteiger partial charge in [-0.3, -0.25) is 0 Å². The molecule has 0 aliphatic rings. The lowest BCUT2D eigenvalue weighted by Gasteiger charge is -2.13. The van der Waals surface area contributed by atoms with Crippen molar-refractivity contribution in [1.29, 1.82) is 0 Å². The monoisotopic (exact) mass is 170 g/mol. The lowest BCUT2D eigenvalue weighted by atomic mass is 10.0. The van der Waals surface area contributed by atoms with Gasteiger partial charge in [0.05, 0.1) is 12.7 Å². The van der Waals surface area contributed by atoms with Gasteiger partial charge in [-0.1, -0.05) is 6.92 Å². The first kappa shape index (κ1) is 9.29. The van der Waals surface area contributed by atoms with Crippen LogP contribution in [-0.4, -0.2) is 22.9 Å². The minimum Gasteiger partial charge on any atom is -0.466 e. The maximum absolute atomic E-state index is 9.28. The normalized spacial score (nSPS) is 16.0. The fourth-order valence-corrected chi connectivity index (χ4v) is 1.05. The van der Waals surface area contributed by atoms with Crippen LogP contribution >= 0.6 is 0 Å². The molecule has 0 saturated carbocycles. The van der Waals surface area contributed by atoms with Crippen molar-refractivity contribution >= 4 is 0 Å². The van der Waals surface area contributed by atoms with E-state index in [4.69, 9.17) is 9.52 Å². The molecular weight excluding hydrogens is 156 g/mol. The van der Waals surface area contributed by atoms with E-state index in [9.17, 15) is 5.11 Å². The van der Waals surface area contributed by atoms with Gasteiger partial charge in [-0.05, 0) is 19.1 Å². The smallest absolute Gasteiger partial charge is 0.109 e. The van der Waals surface area contributed by atoms with E-state index in [0.29, 0.717) is 5.76 Å². The molecule has 0 radical (unpaired) electrons. The largest absolute Gasteiger partial charge is 0.466 e. The van der Waals surface area contributed by atoms with E-state index in [1.54, 1.807) is 0 Å². The van der Waals surface area contributed by atoms with Crippen molar-refractivity contribution < 1.29 is 14.6 Å². The average Bonchev–Trinajstić information content (AvgIpc) is 2.49. The van der Waals surface area contributed by atoms with Crippen LogP contribution in [0.4, 0.5) is 0 Å². The van der Waals surface area contributed by atoms with E-state index in [1.807, 2.05) is 26.0 Å². The molecule has 0 aliphatic heterocycles. The second-order valence-corrected chi connectivity index (χ2v) is 2.99. The average molecular weight is 170 g/mol. The third kappa shape index (κ3) is 1.87. The maximum Gasteiger partial charge on any atom is 0.109 e. The minimum atomic E-state index is -0.740. The van der Waals surface area contributed by atoms with Crippen molar-refractivity contribution in [2.24, 2.45) is 0 Å². The Balaban J connectivity index is 2.70. The molecule has 0 unspecified atom stereocenters. The molecular formula is C9H14O3. The third-order valence-electron chi connectivity index (χ3n) is 1.97. The fourth-order valence-electron chi connectivity index (χ4n) is 1.05. The van der Waals surface area contributed by atoms with Crippen molar-refractivity contribution in [3.05, 3.63) is 23.7 Å². The van der Waals surface area contributed by atoms with Gasteiger partial charge in [-0.15, -0.1) is 0 Å². The number of hydrogen-bond donors (Lipinski definition) is 2. The molecule has 0 bridgehead atoms. The molecule has 12 heavy (non-hydrogen) atoms. The van der Waals surface area contributed by atoms with Crippen LogP contribution in [0.1, 0.15) is 24.4 Å². The van der Waals surface area contributed by atoms with E-state index in [1.165, 1.54) is 0 Å². The first-order valence-electron chi connectivity index (χ1n) is 4.00. The number of rotatable bonds is 3. The van der Waals surface area contributed by atoms with Gasteiger partial charge in [0, 0.05) is 5.92 Å². The molecule has 0 amide bonds. The first-order chi connectivity index (χ1) is 5.65. The van der Waals surface area contributed by atoms with Crippen LogP contribution in [0, 0.1) is 6.92 Å². The lowest BCUT2D eigenvalue weighted by molar-refractivity contribution is 0.0712. The summed E-state index contributed by atoms with van der Waals surface area (Å²) in [7, 11) is 0. The second kappa shape index (κ2) is 3.74. The number of hydrogen-bond acceptors (Lipinski definition) is 3. The molecule has 1 aromatic rings. The zero-order valence-corrected chi connectivity index (χ0v) is 7.32. The highest BCUT2D eigenvalue weighted by molar-refractivity contribution is 5.10. The molecule has 3 heteroatoms. The predicted octanol–water partition coefficient (Wildman–Crippen LogP) is 1.04. The van der Waals surface area contributed by atoms with Crippen LogP contribution in [0.15, 0.2) is 16.5 Å². The molecule has 1 heterocycles. The SMILES string of the molecule is Cc1ccc([C@@H](C)[C@H](O)CO)o1. The highest BCUT2D eigenvalue weighted by Crippen LogP contribution is 2.20. The maximum atomic E-state index is 9.28. The Hall–Kier alpha value is -0.800. The van der Waals surface area contributed by atoms with Crippen LogP contribution in [0.5, 0.6) is 0 Å². The van der Waals surface area contributed by atoms with E-state index in [0.717, 1.165) is 5.76 Å². The quantitative estimate of drug-likeness (QED) is 0.712. The fraction of sp³-hybridized carbons (Fsp3) is 0.556. The van der Waals surface area contributed by atoms with E-state index in [-0.39, 0.29) is 12.5 Å². The van der Waals surface area contributed by atoms with Gasteiger partial charge in [-0.2, -0.15) is 0 Å². The highest BCUT2D eigenvalue weighted by atomic mass is 16.3. The molecule has 0 saturated heterocycles. The Bertz CT molecular complexity index is 242. The highest BCUT2D eigenvalue weighted by Gasteiger charge is 2.17. The standard InChI is InChI=1S/C9H14O3/c1-6-3-4-9(12-6)7(2)8(11)5-10/h3-4,7-8,10-11H,5H2,1-2H3/t7-,8+/m0/s1. The summed E-state index contributed by atoms with van der Waals surface area (Å²) in [5.41, 5.74) is 0. The number of aliphatic hydroxyl groups is 2.